The van der Waals surface area contributed by atoms with Gasteiger partial charge in [0.05, 0.1) is 0 Å². The Kier molecular flexibility index (Phi) is 5.02. The van der Waals surface area contributed by atoms with Crippen molar-refractivity contribution in [1.29, 1.82) is 0 Å². The molecule has 0 aromatic heterocycles. The van der Waals surface area contributed by atoms with Crippen LogP contribution >= 0.6 is 0 Å². The molecule has 2 aromatic carbocycles. The van der Waals surface area contributed by atoms with Gasteiger partial charge in [0.1, 0.15) is 8.07 Å². The van der Waals surface area contributed by atoms with Gasteiger partial charge in [-0.25, -0.2) is 0 Å². The van der Waals surface area contributed by atoms with Crippen LogP contribution in [0.5, 0.6) is 0 Å². The highest BCUT2D eigenvalue weighted by Gasteiger charge is 2.42. The summed E-state index contributed by atoms with van der Waals surface area (Å²) in [5, 5.41) is 3.29. The number of hydrogen-bond acceptors (Lipinski definition) is 0. The molecule has 4 rings (SSSR count). The van der Waals surface area contributed by atoms with Crippen molar-refractivity contribution in [1.82, 2.24) is 0 Å². The monoisotopic (exact) mass is 398 g/mol. The average Bonchev–Trinajstić information content (AvgIpc) is 3.16. The van der Waals surface area contributed by atoms with Crippen molar-refractivity contribution in [3.05, 3.63) is 93.8 Å². The molecule has 1 heteroatoms. The van der Waals surface area contributed by atoms with Gasteiger partial charge in [0.2, 0.25) is 0 Å². The molecule has 0 amide bonds. The summed E-state index contributed by atoms with van der Waals surface area (Å²) in [6.45, 7) is 19.1. The molecule has 29 heavy (non-hydrogen) atoms. The molecule has 0 atom stereocenters. The van der Waals surface area contributed by atoms with Crippen molar-refractivity contribution in [3.63, 3.8) is 0 Å². The van der Waals surface area contributed by atoms with Crippen LogP contribution in [0.2, 0.25) is 13.1 Å². The summed E-state index contributed by atoms with van der Waals surface area (Å²) < 4.78 is 0. The lowest BCUT2D eigenvalue weighted by Crippen LogP contribution is -2.32. The summed E-state index contributed by atoms with van der Waals surface area (Å²) in [5.74, 6) is 1.07. The zero-order chi connectivity index (χ0) is 21.1. The Morgan fingerprint density at radius 3 is 1.34 bits per heavy atom. The fourth-order valence-electron chi connectivity index (χ4n) is 5.70. The zero-order valence-corrected chi connectivity index (χ0v) is 20.3. The number of hydrogen-bond donors (Lipinski definition) is 0. The van der Waals surface area contributed by atoms with Crippen LogP contribution in [-0.4, -0.2) is 8.07 Å². The van der Waals surface area contributed by atoms with Gasteiger partial charge in [-0.15, -0.1) is 0 Å². The number of fused-ring (bicyclic) bond motifs is 2. The number of allylic oxidation sites excluding steroid dienone is 2. The van der Waals surface area contributed by atoms with Crippen LogP contribution in [0.4, 0.5) is 0 Å². The molecule has 150 valence electrons. The van der Waals surface area contributed by atoms with Gasteiger partial charge in [0.25, 0.3) is 0 Å². The van der Waals surface area contributed by atoms with E-state index in [9.17, 15) is 0 Å². The van der Waals surface area contributed by atoms with Crippen LogP contribution in [0.25, 0.3) is 10.4 Å². The molecule has 0 spiro atoms. The van der Waals surface area contributed by atoms with Crippen LogP contribution in [-0.2, 0) is 0 Å². The van der Waals surface area contributed by atoms with E-state index in [4.69, 9.17) is 0 Å². The molecule has 0 unspecified atom stereocenters. The second-order valence-corrected chi connectivity index (χ2v) is 14.2. The Hall–Kier alpha value is -1.86. The van der Waals surface area contributed by atoms with Gasteiger partial charge in [-0.1, -0.05) is 88.3 Å². The molecule has 2 radical (unpaired) electrons. The highest BCUT2D eigenvalue weighted by atomic mass is 28.3. The third-order valence-electron chi connectivity index (χ3n) is 6.78. The van der Waals surface area contributed by atoms with Gasteiger partial charge in [-0.2, -0.15) is 0 Å². The van der Waals surface area contributed by atoms with Gasteiger partial charge in [0, 0.05) is 12.8 Å². The van der Waals surface area contributed by atoms with E-state index < -0.39 is 8.07 Å². The fraction of sp³-hybridized carbons (Fsp3) is 0.357. The molecular weight excluding hydrogens is 364 g/mol. The predicted octanol–water partition coefficient (Wildman–Crippen LogP) is 8.10. The van der Waals surface area contributed by atoms with Gasteiger partial charge < -0.3 is 0 Å². The van der Waals surface area contributed by atoms with Gasteiger partial charge >= 0.3 is 0 Å². The third-order valence-corrected chi connectivity index (χ3v) is 10.6. The lowest BCUT2D eigenvalue weighted by molar-refractivity contribution is 0.862. The summed E-state index contributed by atoms with van der Waals surface area (Å²) in [7, 11) is -1.92. The molecule has 0 N–H and O–H groups in total. The minimum absolute atomic E-state index is 0.535. The lowest BCUT2D eigenvalue weighted by atomic mass is 9.95. The first-order valence-corrected chi connectivity index (χ1v) is 14.0. The second kappa shape index (κ2) is 7.13. The first kappa shape index (κ1) is 20.4. The molecule has 2 aromatic rings. The fourth-order valence-corrected chi connectivity index (χ4v) is 9.89. The van der Waals surface area contributed by atoms with Crippen LogP contribution in [0.3, 0.4) is 0 Å². The van der Waals surface area contributed by atoms with E-state index in [-0.39, 0.29) is 0 Å². The summed E-state index contributed by atoms with van der Waals surface area (Å²) in [6, 6.07) is 13.8. The molecule has 0 fully saturated rings. The van der Waals surface area contributed by atoms with E-state index in [1.807, 2.05) is 0 Å². The van der Waals surface area contributed by atoms with Crippen LogP contribution in [0.15, 0.2) is 47.5 Å². The standard InChI is InChI=1S/C28H34Si/c1-17(2)23-13-9-11-21-15-19(5)27(25(21)23)29(7,8)28-20(6)16-22-12-10-14-24(18(3)4)26(22)28/h9-18H,1-8H3. The van der Waals surface area contributed by atoms with E-state index in [0.717, 1.165) is 0 Å². The maximum atomic E-state index is 2.57. The Morgan fingerprint density at radius 2 is 1.00 bits per heavy atom. The Bertz CT molecular complexity index is 960. The summed E-state index contributed by atoms with van der Waals surface area (Å²) in [5.41, 5.74) is 11.9. The van der Waals surface area contributed by atoms with Gasteiger partial charge in [0.15, 0.2) is 0 Å². The molecule has 0 nitrogen and oxygen atoms in total. The maximum absolute atomic E-state index is 2.57. The van der Waals surface area contributed by atoms with E-state index >= 15 is 0 Å². The first-order valence-electron chi connectivity index (χ1n) is 11.0. The largest absolute Gasteiger partial charge is 0.113 e. The van der Waals surface area contributed by atoms with Crippen LogP contribution < -0.4 is 0 Å². The van der Waals surface area contributed by atoms with Gasteiger partial charge in [-0.05, 0) is 69.5 Å². The average molecular weight is 399 g/mol. The Balaban J connectivity index is 1.95. The summed E-state index contributed by atoms with van der Waals surface area (Å²) in [6.07, 6.45) is 4.85. The molecule has 0 heterocycles. The highest BCUT2D eigenvalue weighted by molar-refractivity contribution is 7.09. The smallest absolute Gasteiger partial charge is 0.0646 e. The maximum Gasteiger partial charge on any atom is 0.113 e. The van der Waals surface area contributed by atoms with E-state index in [2.05, 4.69) is 104 Å². The van der Waals surface area contributed by atoms with Gasteiger partial charge in [-0.3, -0.25) is 0 Å². The first-order chi connectivity index (χ1) is 13.6. The third kappa shape index (κ3) is 3.10. The topological polar surface area (TPSA) is 0 Å². The van der Waals surface area contributed by atoms with E-state index in [0.29, 0.717) is 11.8 Å². The van der Waals surface area contributed by atoms with Crippen molar-refractivity contribution in [2.24, 2.45) is 0 Å². The number of rotatable bonds is 4. The zero-order valence-electron chi connectivity index (χ0n) is 19.3. The van der Waals surface area contributed by atoms with Crippen molar-refractivity contribution in [3.8, 4) is 0 Å². The minimum atomic E-state index is -1.92. The summed E-state index contributed by atoms with van der Waals surface area (Å²) >= 11 is 0. The molecule has 0 aliphatic heterocycles. The number of benzene rings is 2. The van der Waals surface area contributed by atoms with E-state index in [1.165, 1.54) is 44.5 Å². The SMILES string of the molecule is CC1=C([Si](C)(C)C2=C(C)[CH]c3cccc(C(C)C)c32)c2c(cccc2C(C)C)[CH]1. The van der Waals surface area contributed by atoms with Crippen LogP contribution in [0, 0.1) is 12.8 Å². The van der Waals surface area contributed by atoms with Crippen molar-refractivity contribution >= 4 is 18.5 Å². The highest BCUT2D eigenvalue weighted by Crippen LogP contribution is 2.52. The van der Waals surface area contributed by atoms with E-state index in [1.54, 1.807) is 10.4 Å². The van der Waals surface area contributed by atoms with Crippen molar-refractivity contribution in [2.45, 2.75) is 66.5 Å². The van der Waals surface area contributed by atoms with Crippen molar-refractivity contribution in [2.75, 3.05) is 0 Å². The Morgan fingerprint density at radius 1 is 0.621 bits per heavy atom. The molecule has 2 aliphatic carbocycles. The molecule has 2 aliphatic rings. The normalized spacial score (nSPS) is 16.3. The quantitative estimate of drug-likeness (QED) is 0.456. The molecule has 0 bridgehead atoms. The van der Waals surface area contributed by atoms with Crippen LogP contribution in [0.1, 0.15) is 86.8 Å². The Labute approximate surface area is 178 Å². The summed E-state index contributed by atoms with van der Waals surface area (Å²) in [4.78, 5) is 0. The minimum Gasteiger partial charge on any atom is -0.0646 e. The second-order valence-electron chi connectivity index (χ2n) is 9.96. The van der Waals surface area contributed by atoms with Crippen molar-refractivity contribution < 1.29 is 0 Å². The molecule has 0 saturated heterocycles. The predicted molar refractivity (Wildman–Crippen MR) is 131 cm³/mol. The molecular formula is C28H34Si. The lowest BCUT2D eigenvalue weighted by Gasteiger charge is -2.32. The molecule has 0 saturated carbocycles.